The average Bonchev–Trinajstić information content (AvgIpc) is 2.11. The minimum absolute atomic E-state index is 0.0396. The van der Waals surface area contributed by atoms with Gasteiger partial charge in [-0.3, -0.25) is 4.79 Å². The number of pyridine rings is 1. The summed E-state index contributed by atoms with van der Waals surface area (Å²) in [5.74, 6) is -1.18. The number of nitrogen functional groups attached to an aromatic ring is 1. The highest BCUT2D eigenvalue weighted by Crippen LogP contribution is 2.26. The van der Waals surface area contributed by atoms with E-state index in [1.807, 2.05) is 0 Å². The van der Waals surface area contributed by atoms with Gasteiger partial charge < -0.3 is 10.8 Å². The Morgan fingerprint density at radius 3 is 2.73 bits per heavy atom. The number of aromatic nitrogens is 1. The van der Waals surface area contributed by atoms with Crippen molar-refractivity contribution in [1.29, 1.82) is 0 Å². The molecule has 15 heavy (non-hydrogen) atoms. The number of carbonyl (C=O) groups is 1. The topological polar surface area (TPSA) is 76.2 Å². The first-order valence-electron chi connectivity index (χ1n) is 3.86. The molecule has 1 rings (SSSR count). The number of rotatable bonds is 3. The molecule has 0 radical (unpaired) electrons. The Kier molecular flexibility index (Phi) is 3.41. The van der Waals surface area contributed by atoms with Crippen molar-refractivity contribution < 1.29 is 18.7 Å². The highest BCUT2D eigenvalue weighted by atomic mass is 35.5. The number of carboxylic acids is 1. The number of carboxylic acid groups (broad SMARTS) is 1. The molecule has 4 nitrogen and oxygen atoms in total. The SMILES string of the molecule is Nc1c(CC(=O)O)cc(C(F)F)nc1Cl. The van der Waals surface area contributed by atoms with E-state index in [2.05, 4.69) is 4.98 Å². The van der Waals surface area contributed by atoms with Crippen LogP contribution in [0.5, 0.6) is 0 Å². The molecule has 82 valence electrons. The number of nitrogens with two attached hydrogens (primary N) is 1. The van der Waals surface area contributed by atoms with E-state index in [9.17, 15) is 13.6 Å². The predicted octanol–water partition coefficient (Wildman–Crippen LogP) is 1.88. The van der Waals surface area contributed by atoms with Crippen LogP contribution >= 0.6 is 11.6 Å². The zero-order valence-corrected chi connectivity index (χ0v) is 8.13. The predicted molar refractivity (Wildman–Crippen MR) is 50.0 cm³/mol. The smallest absolute Gasteiger partial charge is 0.307 e. The van der Waals surface area contributed by atoms with Crippen LogP contribution < -0.4 is 5.73 Å². The maximum atomic E-state index is 12.3. The summed E-state index contributed by atoms with van der Waals surface area (Å²) in [6, 6.07) is 0.944. The third-order valence-electron chi connectivity index (χ3n) is 1.68. The molecule has 7 heteroatoms. The molecular weight excluding hydrogens is 230 g/mol. The summed E-state index contributed by atoms with van der Waals surface area (Å²) in [6.45, 7) is 0. The summed E-state index contributed by atoms with van der Waals surface area (Å²) in [4.78, 5) is 13.7. The van der Waals surface area contributed by atoms with Gasteiger partial charge in [0, 0.05) is 0 Å². The molecule has 0 bridgehead atoms. The first kappa shape index (κ1) is 11.6. The van der Waals surface area contributed by atoms with E-state index in [1.165, 1.54) is 0 Å². The van der Waals surface area contributed by atoms with Gasteiger partial charge in [-0.25, -0.2) is 13.8 Å². The van der Waals surface area contributed by atoms with Crippen LogP contribution in [-0.2, 0) is 11.2 Å². The molecule has 3 N–H and O–H groups in total. The quantitative estimate of drug-likeness (QED) is 0.786. The van der Waals surface area contributed by atoms with Crippen molar-refractivity contribution in [2.45, 2.75) is 12.8 Å². The molecule has 0 fully saturated rings. The zero-order chi connectivity index (χ0) is 11.6. The third kappa shape index (κ3) is 2.76. The first-order chi connectivity index (χ1) is 6.91. The minimum atomic E-state index is -2.81. The lowest BCUT2D eigenvalue weighted by Crippen LogP contribution is -2.06. The molecule has 0 spiro atoms. The second-order valence-corrected chi connectivity index (χ2v) is 3.14. The zero-order valence-electron chi connectivity index (χ0n) is 7.38. The van der Waals surface area contributed by atoms with Crippen LogP contribution in [0.3, 0.4) is 0 Å². The molecule has 0 unspecified atom stereocenters. The van der Waals surface area contributed by atoms with E-state index in [0.29, 0.717) is 0 Å². The Morgan fingerprint density at radius 1 is 1.67 bits per heavy atom. The Bertz CT molecular complexity index is 398. The summed E-state index contributed by atoms with van der Waals surface area (Å²) in [7, 11) is 0. The first-order valence-corrected chi connectivity index (χ1v) is 4.24. The molecule has 0 aliphatic carbocycles. The second-order valence-electron chi connectivity index (χ2n) is 2.78. The minimum Gasteiger partial charge on any atom is -0.481 e. The van der Waals surface area contributed by atoms with Crippen LogP contribution in [0, 0.1) is 0 Å². The van der Waals surface area contributed by atoms with Gasteiger partial charge in [0.25, 0.3) is 6.43 Å². The van der Waals surface area contributed by atoms with Crippen molar-refractivity contribution in [2.24, 2.45) is 0 Å². The third-order valence-corrected chi connectivity index (χ3v) is 1.97. The number of hydrogen-bond acceptors (Lipinski definition) is 3. The Hall–Kier alpha value is -1.43. The standard InChI is InChI=1S/C8H7ClF2N2O2/c9-7-6(12)3(2-5(14)15)1-4(13-7)8(10)11/h1,8H,2,12H2,(H,14,15). The Morgan fingerprint density at radius 2 is 2.27 bits per heavy atom. The lowest BCUT2D eigenvalue weighted by Gasteiger charge is -2.07. The van der Waals surface area contributed by atoms with Crippen molar-refractivity contribution in [3.8, 4) is 0 Å². The monoisotopic (exact) mass is 236 g/mol. The van der Waals surface area contributed by atoms with Crippen molar-refractivity contribution >= 4 is 23.3 Å². The van der Waals surface area contributed by atoms with Gasteiger partial charge in [-0.1, -0.05) is 11.6 Å². The van der Waals surface area contributed by atoms with Gasteiger partial charge in [0.1, 0.15) is 5.69 Å². The van der Waals surface area contributed by atoms with Crippen LogP contribution in [0.25, 0.3) is 0 Å². The molecule has 0 saturated heterocycles. The van der Waals surface area contributed by atoms with Crippen LogP contribution in [0.4, 0.5) is 14.5 Å². The van der Waals surface area contributed by atoms with Crippen LogP contribution in [0.1, 0.15) is 17.7 Å². The molecule has 1 heterocycles. The van der Waals surface area contributed by atoms with Crippen LogP contribution in [0.2, 0.25) is 5.15 Å². The van der Waals surface area contributed by atoms with Gasteiger partial charge in [-0.15, -0.1) is 0 Å². The fourth-order valence-corrected chi connectivity index (χ4v) is 1.23. The number of anilines is 1. The highest BCUT2D eigenvalue weighted by Gasteiger charge is 2.16. The number of nitrogens with zero attached hydrogens (tertiary/aromatic N) is 1. The summed E-state index contributed by atoms with van der Waals surface area (Å²) < 4.78 is 24.6. The molecule has 0 aliphatic rings. The van der Waals surface area contributed by atoms with Gasteiger partial charge in [0.15, 0.2) is 5.15 Å². The molecule has 1 aromatic rings. The molecule has 0 aromatic carbocycles. The van der Waals surface area contributed by atoms with E-state index in [4.69, 9.17) is 22.4 Å². The van der Waals surface area contributed by atoms with E-state index in [1.54, 1.807) is 0 Å². The molecule has 1 aromatic heterocycles. The van der Waals surface area contributed by atoms with Gasteiger partial charge in [0.2, 0.25) is 0 Å². The van der Waals surface area contributed by atoms with E-state index in [-0.39, 0.29) is 16.4 Å². The molecular formula is C8H7ClF2N2O2. The number of halogens is 3. The summed E-state index contributed by atoms with van der Waals surface area (Å²) in [6.07, 6.45) is -3.27. The lowest BCUT2D eigenvalue weighted by molar-refractivity contribution is -0.136. The highest BCUT2D eigenvalue weighted by molar-refractivity contribution is 6.32. The van der Waals surface area contributed by atoms with Crippen LogP contribution in [0.15, 0.2) is 6.07 Å². The van der Waals surface area contributed by atoms with Crippen LogP contribution in [-0.4, -0.2) is 16.1 Å². The number of hydrogen-bond donors (Lipinski definition) is 2. The summed E-state index contributed by atoms with van der Waals surface area (Å²) in [5.41, 5.74) is 4.78. The molecule has 0 atom stereocenters. The molecule has 0 aliphatic heterocycles. The van der Waals surface area contributed by atoms with Crippen molar-refractivity contribution in [3.05, 3.63) is 22.5 Å². The van der Waals surface area contributed by atoms with Gasteiger partial charge >= 0.3 is 5.97 Å². The largest absolute Gasteiger partial charge is 0.481 e. The summed E-state index contributed by atoms with van der Waals surface area (Å²) in [5, 5.41) is 8.20. The van der Waals surface area contributed by atoms with Gasteiger partial charge in [-0.2, -0.15) is 0 Å². The second kappa shape index (κ2) is 4.39. The number of alkyl halides is 2. The normalized spacial score (nSPS) is 10.7. The van der Waals surface area contributed by atoms with E-state index < -0.39 is 24.5 Å². The van der Waals surface area contributed by atoms with E-state index >= 15 is 0 Å². The lowest BCUT2D eigenvalue weighted by atomic mass is 10.1. The van der Waals surface area contributed by atoms with Crippen molar-refractivity contribution in [2.75, 3.05) is 5.73 Å². The van der Waals surface area contributed by atoms with E-state index in [0.717, 1.165) is 6.07 Å². The Labute approximate surface area is 88.7 Å². The van der Waals surface area contributed by atoms with Gasteiger partial charge in [-0.05, 0) is 11.6 Å². The Balaban J connectivity index is 3.18. The molecule has 0 saturated carbocycles. The van der Waals surface area contributed by atoms with Crippen molar-refractivity contribution in [3.63, 3.8) is 0 Å². The fourth-order valence-electron chi connectivity index (χ4n) is 1.02. The van der Waals surface area contributed by atoms with Crippen molar-refractivity contribution in [1.82, 2.24) is 4.98 Å². The fraction of sp³-hybridized carbons (Fsp3) is 0.250. The average molecular weight is 237 g/mol. The molecule has 0 amide bonds. The number of aliphatic carboxylic acids is 1. The maximum Gasteiger partial charge on any atom is 0.307 e. The van der Waals surface area contributed by atoms with Gasteiger partial charge in [0.05, 0.1) is 12.1 Å². The summed E-state index contributed by atoms with van der Waals surface area (Å²) >= 11 is 5.48. The maximum absolute atomic E-state index is 12.3.